The molecule has 28 heavy (non-hydrogen) atoms. The van der Waals surface area contributed by atoms with Gasteiger partial charge in [-0.15, -0.1) is 0 Å². The third-order valence-electron chi connectivity index (χ3n) is 4.06. The molecule has 1 fully saturated rings. The monoisotopic (exact) mass is 681 g/mol. The number of anilines is 1. The Morgan fingerprint density at radius 3 is 2.29 bits per heavy atom. The Bertz CT molecular complexity index is 798. The van der Waals surface area contributed by atoms with Gasteiger partial charge in [0.15, 0.2) is 23.4 Å². The van der Waals surface area contributed by atoms with E-state index in [0.29, 0.717) is 0 Å². The number of hydrogen-bond acceptors (Lipinski definition) is 13. The molecule has 1 radical (unpaired) electrons. The number of imidazole rings is 1. The number of ether oxygens (including phenoxy) is 1. The third-order valence-corrected chi connectivity index (χ3v) is 4.06. The molecule has 161 valence electrons. The van der Waals surface area contributed by atoms with E-state index in [0.717, 1.165) is 0 Å². The van der Waals surface area contributed by atoms with Gasteiger partial charge in [-0.1, -0.05) is 0 Å². The van der Waals surface area contributed by atoms with E-state index in [4.69, 9.17) is 39.3 Å². The molecule has 0 aliphatic carbocycles. The second kappa shape index (κ2) is 9.91. The van der Waals surface area contributed by atoms with Crippen molar-refractivity contribution in [2.45, 2.75) is 29.6 Å². The first-order valence-corrected chi connectivity index (χ1v) is 6.61. The van der Waals surface area contributed by atoms with Crippen LogP contribution in [0.3, 0.4) is 0 Å². The molecule has 0 spiro atoms. The van der Waals surface area contributed by atoms with E-state index in [1.54, 1.807) is 0 Å². The minimum Gasteiger partial charge on any atom is -1.00 e. The molecule has 2 aromatic rings. The van der Waals surface area contributed by atoms with Crippen molar-refractivity contribution in [3.63, 3.8) is 0 Å². The van der Waals surface area contributed by atoms with Gasteiger partial charge in [0.05, 0.1) is 6.33 Å². The molecule has 0 saturated carbocycles. The fourth-order valence-corrected chi connectivity index (χ4v) is 2.54. The number of hydrogen-bond donors (Lipinski definition) is 8. The first-order valence-electron chi connectivity index (χ1n) is 6.61. The summed E-state index contributed by atoms with van der Waals surface area (Å²) in [4.78, 5) is 16.2. The molecule has 0 amide bonds. The number of aliphatic hydroxyl groups is 2. The molecule has 1 saturated heterocycles. The van der Waals surface area contributed by atoms with Gasteiger partial charge in [-0.25, -0.2) is 20.8 Å². The Labute approximate surface area is 202 Å². The van der Waals surface area contributed by atoms with Crippen molar-refractivity contribution >= 4 is 17.0 Å². The first-order chi connectivity index (χ1) is 11.1. The zero-order valence-corrected chi connectivity index (χ0v) is 20.3. The molecule has 14 N–H and O–H groups in total. The first kappa shape index (κ1) is 30.2. The zero-order chi connectivity index (χ0) is 17.9. The van der Waals surface area contributed by atoms with E-state index in [2.05, 4.69) is 19.8 Å². The maximum atomic E-state index is 10.4. The van der Waals surface area contributed by atoms with Gasteiger partial charge in [-0.2, -0.15) is 0 Å². The van der Waals surface area contributed by atoms with Gasteiger partial charge in [0.2, 0.25) is 11.6 Å². The molecular weight excluding hydrogens is 665 g/mol. The van der Waals surface area contributed by atoms with Crippen LogP contribution in [0.5, 0.6) is 0 Å². The summed E-state index contributed by atoms with van der Waals surface area (Å²) < 4.78 is 6.68. The number of nitrogens with zero attached hydrogens (tertiary/aromatic N) is 4. The average molecular weight is 683 g/mol. The smallest absolute Gasteiger partial charge is 1.00 e. The molecule has 0 unspecified atom stereocenters. The summed E-state index contributed by atoms with van der Waals surface area (Å²) in [7, 11) is 0. The summed E-state index contributed by atoms with van der Waals surface area (Å²) in [5.41, 5.74) is 23.8. The average Bonchev–Trinajstić information content (AvgIpc) is 3.03. The van der Waals surface area contributed by atoms with Crippen molar-refractivity contribution in [1.29, 1.82) is 0 Å². The predicted octanol–water partition coefficient (Wildman–Crippen LogP) is -13.9. The Kier molecular flexibility index (Phi) is 10.7. The van der Waals surface area contributed by atoms with Gasteiger partial charge in [-0.3, -0.25) is 32.3 Å². The number of halogens is 3. The van der Waals surface area contributed by atoms with Crippen LogP contribution in [0.1, 0.15) is 6.23 Å². The maximum absolute atomic E-state index is 10.4. The van der Waals surface area contributed by atoms with Crippen LogP contribution in [-0.4, -0.2) is 53.1 Å². The van der Waals surface area contributed by atoms with Crippen LogP contribution in [0.15, 0.2) is 12.7 Å². The van der Waals surface area contributed by atoms with Crippen molar-refractivity contribution in [2.24, 2.45) is 28.8 Å². The van der Waals surface area contributed by atoms with E-state index in [9.17, 15) is 10.2 Å². The summed E-state index contributed by atoms with van der Waals surface area (Å²) in [6.45, 7) is 0. The molecule has 2 aromatic heterocycles. The van der Waals surface area contributed by atoms with Crippen molar-refractivity contribution in [3.05, 3.63) is 12.7 Å². The molecule has 3 heterocycles. The fraction of sp³-hybridized carbons (Fsp3) is 0.500. The molecular formula is C10H18Br3N10O4Ru. The summed E-state index contributed by atoms with van der Waals surface area (Å²) in [6.07, 6.45) is -0.743. The molecule has 0 aromatic carbocycles. The van der Waals surface area contributed by atoms with E-state index in [1.165, 1.54) is 17.2 Å². The fourth-order valence-electron chi connectivity index (χ4n) is 2.54. The zero-order valence-electron chi connectivity index (χ0n) is 13.8. The number of fused-ring (bicyclic) bond motifs is 1. The number of rotatable bonds is 3. The second-order valence-electron chi connectivity index (χ2n) is 5.51. The van der Waals surface area contributed by atoms with Crippen LogP contribution >= 0.6 is 0 Å². The second-order valence-corrected chi connectivity index (χ2v) is 5.51. The number of aromatic nitrogens is 4. The Balaban J connectivity index is 0. The molecule has 0 bridgehead atoms. The molecule has 4 atom stereocenters. The summed E-state index contributed by atoms with van der Waals surface area (Å²) in [6, 6.07) is 0. The van der Waals surface area contributed by atoms with Gasteiger partial charge < -0.3 is 71.6 Å². The van der Waals surface area contributed by atoms with E-state index < -0.39 is 29.6 Å². The largest absolute Gasteiger partial charge is 3.00 e. The van der Waals surface area contributed by atoms with Crippen molar-refractivity contribution in [2.75, 3.05) is 5.73 Å². The van der Waals surface area contributed by atoms with E-state index >= 15 is 0 Å². The third kappa shape index (κ3) is 4.11. The van der Waals surface area contributed by atoms with Gasteiger partial charge in [0.25, 0.3) is 0 Å². The van der Waals surface area contributed by atoms with Crippen molar-refractivity contribution < 1.29 is 90.2 Å². The Morgan fingerprint density at radius 1 is 1.18 bits per heavy atom. The van der Waals surface area contributed by atoms with Gasteiger partial charge >= 0.3 is 19.5 Å². The summed E-state index contributed by atoms with van der Waals surface area (Å²) in [5, 5.41) is 20.8. The topological polar surface area (TPSA) is 259 Å². The van der Waals surface area contributed by atoms with Gasteiger partial charge in [0.1, 0.15) is 17.9 Å². The summed E-state index contributed by atoms with van der Waals surface area (Å²) >= 11 is 0. The van der Waals surface area contributed by atoms with Crippen LogP contribution < -0.4 is 85.5 Å². The quantitative estimate of drug-likeness (QED) is 0.0851. The molecule has 1 aliphatic heterocycles. The van der Waals surface area contributed by atoms with Crippen LogP contribution in [0.25, 0.3) is 11.2 Å². The molecule has 1 aliphatic rings. The normalized spacial score (nSPS) is 29.2. The minimum absolute atomic E-state index is 0. The molecule has 3 rings (SSSR count). The van der Waals surface area contributed by atoms with Crippen molar-refractivity contribution in [3.8, 4) is 0 Å². The molecule has 18 heteroatoms. The maximum Gasteiger partial charge on any atom is 3.00 e. The number of nitrogens with two attached hydrogens (primary N) is 6. The minimum atomic E-state index is -2.63. The standard InChI is InChI=1S/C10H18N10O4.3BrH.Ru/c11-5-3-6(18-1-17-5)20(2-19-3)7-4(21)8(12,22)9(13,23-7)10(14,15)24-16;;;;/h1-2,4,7,21-22H,12-16H2,(H2,11,17,18);3*1H;/q;;;;+3/p-3/t4-,7+,8-,9-;;;;/m0..../s1. The van der Waals surface area contributed by atoms with Gasteiger partial charge in [0, 0.05) is 0 Å². The van der Waals surface area contributed by atoms with E-state index in [-0.39, 0.29) is 87.4 Å². The van der Waals surface area contributed by atoms with Crippen LogP contribution in [0, 0.1) is 0 Å². The number of nitrogen functional groups attached to an aromatic ring is 1. The van der Waals surface area contributed by atoms with Gasteiger partial charge in [-0.05, 0) is 0 Å². The van der Waals surface area contributed by atoms with Crippen LogP contribution in [0.4, 0.5) is 5.82 Å². The Hall–Kier alpha value is 0.0534. The predicted molar refractivity (Wildman–Crippen MR) is 78.3 cm³/mol. The van der Waals surface area contributed by atoms with E-state index in [1.807, 2.05) is 0 Å². The van der Waals surface area contributed by atoms with Crippen LogP contribution in [0.2, 0.25) is 0 Å². The molecule has 14 nitrogen and oxygen atoms in total. The Morgan fingerprint density at radius 2 is 1.75 bits per heavy atom. The van der Waals surface area contributed by atoms with Crippen molar-refractivity contribution in [1.82, 2.24) is 19.5 Å². The summed E-state index contributed by atoms with van der Waals surface area (Å²) in [5.74, 6) is 2.67. The number of aliphatic hydroxyl groups excluding tert-OH is 1. The van der Waals surface area contributed by atoms with Crippen LogP contribution in [-0.2, 0) is 29.1 Å². The SMILES string of the molecule is NOC(N)(N)[C@@]1(N)O[C@@H](n2cnc3c(N)ncnc32)[C@H](O)[C@]1(N)O.[Br-].[Br-].[Br-].[Ru+3].